The average Bonchev–Trinajstić information content (AvgIpc) is 2.95. The molecule has 0 aromatic carbocycles. The summed E-state index contributed by atoms with van der Waals surface area (Å²) in [7, 11) is 0. The summed E-state index contributed by atoms with van der Waals surface area (Å²) in [6, 6.07) is 7.23. The minimum atomic E-state index is -1.01. The van der Waals surface area contributed by atoms with E-state index in [1.165, 1.54) is 17.4 Å². The number of carboxylic acid groups (broad SMARTS) is 1. The third-order valence-corrected chi connectivity index (χ3v) is 3.74. The average molecular weight is 302 g/mol. The minimum Gasteiger partial charge on any atom is -0.478 e. The van der Waals surface area contributed by atoms with Gasteiger partial charge in [-0.05, 0) is 42.3 Å². The second kappa shape index (κ2) is 7.35. The van der Waals surface area contributed by atoms with Crippen LogP contribution in [0.3, 0.4) is 0 Å². The number of rotatable bonds is 6. The van der Waals surface area contributed by atoms with Crippen LogP contribution >= 0.6 is 11.3 Å². The molecule has 0 atom stereocenters. The number of aromatic nitrogens is 1. The van der Waals surface area contributed by atoms with Gasteiger partial charge in [0.05, 0.1) is 4.88 Å². The van der Waals surface area contributed by atoms with Crippen LogP contribution in [0.2, 0.25) is 0 Å². The van der Waals surface area contributed by atoms with Crippen molar-refractivity contribution in [3.8, 4) is 0 Å². The highest BCUT2D eigenvalue weighted by Crippen LogP contribution is 2.17. The van der Waals surface area contributed by atoms with Crippen LogP contribution in [0.1, 0.15) is 20.1 Å². The van der Waals surface area contributed by atoms with E-state index in [2.05, 4.69) is 10.3 Å². The second-order valence-corrected chi connectivity index (χ2v) is 5.35. The Labute approximate surface area is 126 Å². The van der Waals surface area contributed by atoms with Gasteiger partial charge >= 0.3 is 5.97 Å². The van der Waals surface area contributed by atoms with Gasteiger partial charge in [-0.3, -0.25) is 9.78 Å². The van der Waals surface area contributed by atoms with Crippen molar-refractivity contribution < 1.29 is 14.7 Å². The van der Waals surface area contributed by atoms with Crippen molar-refractivity contribution in [1.82, 2.24) is 10.3 Å². The van der Waals surface area contributed by atoms with Crippen LogP contribution in [0.5, 0.6) is 0 Å². The van der Waals surface area contributed by atoms with Gasteiger partial charge in [-0.1, -0.05) is 0 Å². The van der Waals surface area contributed by atoms with Crippen molar-refractivity contribution in [2.75, 3.05) is 6.54 Å². The minimum absolute atomic E-state index is 0.149. The fourth-order valence-corrected chi connectivity index (χ4v) is 2.50. The van der Waals surface area contributed by atoms with Crippen LogP contribution in [0.15, 0.2) is 42.7 Å². The van der Waals surface area contributed by atoms with E-state index in [-0.39, 0.29) is 5.91 Å². The SMILES string of the molecule is O=C(O)C=Cc1ccc(C(=O)NCCc2ccncc2)s1. The van der Waals surface area contributed by atoms with Crippen molar-refractivity contribution in [2.45, 2.75) is 6.42 Å². The maximum atomic E-state index is 11.9. The van der Waals surface area contributed by atoms with Gasteiger partial charge in [0, 0.05) is 29.9 Å². The number of nitrogens with one attached hydrogen (secondary N) is 1. The lowest BCUT2D eigenvalue weighted by Gasteiger charge is -2.03. The molecule has 0 bridgehead atoms. The smallest absolute Gasteiger partial charge is 0.328 e. The molecule has 0 aliphatic heterocycles. The Balaban J connectivity index is 1.85. The molecule has 0 saturated carbocycles. The first kappa shape index (κ1) is 14.9. The lowest BCUT2D eigenvalue weighted by molar-refractivity contribution is -0.131. The Morgan fingerprint density at radius 2 is 2.00 bits per heavy atom. The maximum absolute atomic E-state index is 11.9. The molecule has 1 amide bonds. The lowest BCUT2D eigenvalue weighted by atomic mass is 10.2. The number of pyridine rings is 1. The standard InChI is InChI=1S/C15H14N2O3S/c18-14(19)4-2-12-1-3-13(21-12)15(20)17-10-7-11-5-8-16-9-6-11/h1-6,8-9H,7,10H2,(H,17,20)(H,18,19). The normalized spacial score (nSPS) is 10.7. The van der Waals surface area contributed by atoms with E-state index in [1.807, 2.05) is 12.1 Å². The molecular weight excluding hydrogens is 288 g/mol. The van der Waals surface area contributed by atoms with Gasteiger partial charge in [0.15, 0.2) is 0 Å². The number of thiophene rings is 1. The molecule has 0 unspecified atom stereocenters. The number of nitrogens with zero attached hydrogens (tertiary/aromatic N) is 1. The zero-order chi connectivity index (χ0) is 15.1. The van der Waals surface area contributed by atoms with Crippen LogP contribution in [0.4, 0.5) is 0 Å². The molecule has 21 heavy (non-hydrogen) atoms. The predicted molar refractivity (Wildman–Crippen MR) is 81.3 cm³/mol. The molecule has 0 radical (unpaired) electrons. The van der Waals surface area contributed by atoms with Crippen LogP contribution in [0.25, 0.3) is 6.08 Å². The highest BCUT2D eigenvalue weighted by atomic mass is 32.1. The lowest BCUT2D eigenvalue weighted by Crippen LogP contribution is -2.24. The molecule has 2 rings (SSSR count). The summed E-state index contributed by atoms with van der Waals surface area (Å²) in [6.45, 7) is 0.543. The second-order valence-electron chi connectivity index (χ2n) is 4.23. The number of carboxylic acids is 1. The predicted octanol–water partition coefficient (Wildman–Crippen LogP) is 2.21. The van der Waals surface area contributed by atoms with E-state index in [4.69, 9.17) is 5.11 Å². The van der Waals surface area contributed by atoms with E-state index in [0.29, 0.717) is 11.4 Å². The van der Waals surface area contributed by atoms with Crippen molar-refractivity contribution >= 4 is 29.3 Å². The molecule has 0 spiro atoms. The quantitative estimate of drug-likeness (QED) is 0.802. The Morgan fingerprint density at radius 1 is 1.24 bits per heavy atom. The van der Waals surface area contributed by atoms with Crippen molar-refractivity contribution in [3.05, 3.63) is 58.1 Å². The Hall–Kier alpha value is -2.47. The Morgan fingerprint density at radius 3 is 2.71 bits per heavy atom. The molecule has 0 fully saturated rings. The topological polar surface area (TPSA) is 79.3 Å². The molecule has 2 aromatic rings. The van der Waals surface area contributed by atoms with Gasteiger partial charge in [0.2, 0.25) is 0 Å². The van der Waals surface area contributed by atoms with Gasteiger partial charge in [0.1, 0.15) is 0 Å². The molecule has 0 aliphatic rings. The number of hydrogen-bond donors (Lipinski definition) is 2. The Bertz CT molecular complexity index is 650. The monoisotopic (exact) mass is 302 g/mol. The third kappa shape index (κ3) is 4.85. The van der Waals surface area contributed by atoms with E-state index in [9.17, 15) is 9.59 Å². The molecule has 2 heterocycles. The summed E-state index contributed by atoms with van der Waals surface area (Å²) < 4.78 is 0. The largest absolute Gasteiger partial charge is 0.478 e. The molecule has 5 nitrogen and oxygen atoms in total. The Kier molecular flexibility index (Phi) is 5.22. The van der Waals surface area contributed by atoms with Gasteiger partial charge in [-0.15, -0.1) is 11.3 Å². The number of aliphatic carboxylic acids is 1. The summed E-state index contributed by atoms with van der Waals surface area (Å²) in [4.78, 5) is 27.6. The molecule has 6 heteroatoms. The van der Waals surface area contributed by atoms with Crippen molar-refractivity contribution in [1.29, 1.82) is 0 Å². The molecule has 0 aliphatic carbocycles. The first-order chi connectivity index (χ1) is 10.1. The third-order valence-electron chi connectivity index (χ3n) is 2.69. The van der Waals surface area contributed by atoms with Crippen LogP contribution in [-0.4, -0.2) is 28.5 Å². The van der Waals surface area contributed by atoms with Gasteiger partial charge < -0.3 is 10.4 Å². The first-order valence-corrected chi connectivity index (χ1v) is 7.15. The molecule has 2 aromatic heterocycles. The summed E-state index contributed by atoms with van der Waals surface area (Å²) in [5.74, 6) is -1.16. The number of carbonyl (C=O) groups is 2. The maximum Gasteiger partial charge on any atom is 0.328 e. The number of amides is 1. The van der Waals surface area contributed by atoms with Crippen LogP contribution < -0.4 is 5.32 Å². The molecule has 108 valence electrons. The molecule has 2 N–H and O–H groups in total. The van der Waals surface area contributed by atoms with Crippen LogP contribution in [0, 0.1) is 0 Å². The van der Waals surface area contributed by atoms with Crippen molar-refractivity contribution in [3.63, 3.8) is 0 Å². The highest BCUT2D eigenvalue weighted by molar-refractivity contribution is 7.14. The van der Waals surface area contributed by atoms with E-state index >= 15 is 0 Å². The van der Waals surface area contributed by atoms with E-state index < -0.39 is 5.97 Å². The zero-order valence-corrected chi connectivity index (χ0v) is 12.0. The highest BCUT2D eigenvalue weighted by Gasteiger charge is 2.07. The number of carbonyl (C=O) groups excluding carboxylic acids is 1. The first-order valence-electron chi connectivity index (χ1n) is 6.33. The van der Waals surface area contributed by atoms with Crippen molar-refractivity contribution in [2.24, 2.45) is 0 Å². The summed E-state index contributed by atoms with van der Waals surface area (Å²) in [6.07, 6.45) is 6.71. The van der Waals surface area contributed by atoms with Gasteiger partial charge in [-0.2, -0.15) is 0 Å². The summed E-state index contributed by atoms with van der Waals surface area (Å²) in [5, 5.41) is 11.4. The van der Waals surface area contributed by atoms with E-state index in [0.717, 1.165) is 22.9 Å². The molecule has 0 saturated heterocycles. The van der Waals surface area contributed by atoms with Gasteiger partial charge in [0.25, 0.3) is 5.91 Å². The number of hydrogen-bond acceptors (Lipinski definition) is 4. The summed E-state index contributed by atoms with van der Waals surface area (Å²) >= 11 is 1.26. The summed E-state index contributed by atoms with van der Waals surface area (Å²) in [5.41, 5.74) is 1.11. The van der Waals surface area contributed by atoms with Gasteiger partial charge in [-0.25, -0.2) is 4.79 Å². The molecular formula is C15H14N2O3S. The fourth-order valence-electron chi connectivity index (χ4n) is 1.67. The zero-order valence-electron chi connectivity index (χ0n) is 11.2. The fraction of sp³-hybridized carbons (Fsp3) is 0.133. The van der Waals surface area contributed by atoms with Crippen LogP contribution in [-0.2, 0) is 11.2 Å². The van der Waals surface area contributed by atoms with E-state index in [1.54, 1.807) is 24.5 Å².